The highest BCUT2D eigenvalue weighted by molar-refractivity contribution is 5.30. The van der Waals surface area contributed by atoms with Crippen molar-refractivity contribution in [1.29, 1.82) is 0 Å². The average molecular weight is 169 g/mol. The van der Waals surface area contributed by atoms with E-state index in [1.165, 1.54) is 12.1 Å². The van der Waals surface area contributed by atoms with E-state index >= 15 is 0 Å². The summed E-state index contributed by atoms with van der Waals surface area (Å²) in [6.07, 6.45) is -0.215. The number of hydrogen-bond donors (Lipinski definition) is 1. The summed E-state index contributed by atoms with van der Waals surface area (Å²) in [4.78, 5) is 3.55. The van der Waals surface area contributed by atoms with E-state index in [9.17, 15) is 9.50 Å². The van der Waals surface area contributed by atoms with Gasteiger partial charge in [-0.05, 0) is 12.1 Å². The van der Waals surface area contributed by atoms with E-state index in [0.717, 1.165) is 0 Å². The molecule has 1 atom stereocenters. The van der Waals surface area contributed by atoms with Gasteiger partial charge in [0.2, 0.25) is 5.95 Å². The first-order chi connectivity index (χ1) is 5.77. The Labute approximate surface area is 68.8 Å². The van der Waals surface area contributed by atoms with Crippen molar-refractivity contribution in [3.63, 3.8) is 0 Å². The number of aliphatic hydroxyl groups is 1. The van der Waals surface area contributed by atoms with Crippen LogP contribution in [0.2, 0.25) is 0 Å². The first-order valence-corrected chi connectivity index (χ1v) is 3.74. The monoisotopic (exact) mass is 169 g/mol. The topological polar surface area (TPSA) is 42.4 Å². The van der Waals surface area contributed by atoms with Gasteiger partial charge in [0.05, 0.1) is 6.61 Å². The van der Waals surface area contributed by atoms with E-state index in [4.69, 9.17) is 4.74 Å². The van der Waals surface area contributed by atoms with Crippen molar-refractivity contribution < 1.29 is 14.2 Å². The molecular formula is C8H8FNO2. The van der Waals surface area contributed by atoms with Crippen LogP contribution in [0.3, 0.4) is 0 Å². The molecule has 1 aliphatic rings. The van der Waals surface area contributed by atoms with Crippen LogP contribution in [0, 0.1) is 5.95 Å². The Balaban J connectivity index is 2.47. The molecule has 64 valence electrons. The Morgan fingerprint density at radius 3 is 3.25 bits per heavy atom. The van der Waals surface area contributed by atoms with Crippen molar-refractivity contribution in [3.8, 4) is 5.75 Å². The number of fused-ring (bicyclic) bond motifs is 1. The standard InChI is InChI=1S/C8H8FNO2/c9-7-2-1-6-8(10-7)5(11)3-4-12-6/h1-2,5,11H,3-4H2. The Hall–Kier alpha value is -1.16. The van der Waals surface area contributed by atoms with Gasteiger partial charge in [-0.1, -0.05) is 0 Å². The Kier molecular flexibility index (Phi) is 1.69. The average Bonchev–Trinajstić information content (AvgIpc) is 2.07. The van der Waals surface area contributed by atoms with Gasteiger partial charge in [-0.15, -0.1) is 0 Å². The normalized spacial score (nSPS) is 21.3. The van der Waals surface area contributed by atoms with Crippen LogP contribution >= 0.6 is 0 Å². The van der Waals surface area contributed by atoms with Gasteiger partial charge in [0.15, 0.2) is 0 Å². The van der Waals surface area contributed by atoms with Crippen molar-refractivity contribution in [3.05, 3.63) is 23.8 Å². The lowest BCUT2D eigenvalue weighted by Gasteiger charge is -2.20. The first kappa shape index (κ1) is 7.49. The maximum absolute atomic E-state index is 12.6. The lowest BCUT2D eigenvalue weighted by molar-refractivity contribution is 0.109. The van der Waals surface area contributed by atoms with E-state index in [1.807, 2.05) is 0 Å². The third-order valence-electron chi connectivity index (χ3n) is 1.82. The summed E-state index contributed by atoms with van der Waals surface area (Å²) >= 11 is 0. The van der Waals surface area contributed by atoms with Crippen LogP contribution in [0.4, 0.5) is 4.39 Å². The molecule has 2 rings (SSSR count). The van der Waals surface area contributed by atoms with Crippen LogP contribution in [-0.2, 0) is 0 Å². The summed E-state index contributed by atoms with van der Waals surface area (Å²) in [5, 5.41) is 9.38. The summed E-state index contributed by atoms with van der Waals surface area (Å²) < 4.78 is 17.7. The van der Waals surface area contributed by atoms with Crippen LogP contribution in [-0.4, -0.2) is 16.7 Å². The molecule has 0 aliphatic carbocycles. The molecule has 0 radical (unpaired) electrons. The highest BCUT2D eigenvalue weighted by atomic mass is 19.1. The Morgan fingerprint density at radius 1 is 1.58 bits per heavy atom. The van der Waals surface area contributed by atoms with E-state index < -0.39 is 12.1 Å². The van der Waals surface area contributed by atoms with Gasteiger partial charge in [-0.2, -0.15) is 4.39 Å². The van der Waals surface area contributed by atoms with Crippen molar-refractivity contribution in [1.82, 2.24) is 4.98 Å². The molecule has 1 aromatic rings. The SMILES string of the molecule is OC1CCOc2ccc(F)nc21. The number of pyridine rings is 1. The number of halogens is 1. The lowest BCUT2D eigenvalue weighted by Crippen LogP contribution is -2.15. The number of aliphatic hydroxyl groups excluding tert-OH is 1. The summed E-state index contributed by atoms with van der Waals surface area (Å²) in [6, 6.07) is 2.71. The van der Waals surface area contributed by atoms with Gasteiger partial charge in [0, 0.05) is 6.42 Å². The van der Waals surface area contributed by atoms with E-state index in [-0.39, 0.29) is 0 Å². The van der Waals surface area contributed by atoms with Crippen molar-refractivity contribution in [2.24, 2.45) is 0 Å². The molecule has 0 fully saturated rings. The van der Waals surface area contributed by atoms with Gasteiger partial charge in [-0.25, -0.2) is 4.98 Å². The zero-order valence-electron chi connectivity index (χ0n) is 6.33. The first-order valence-electron chi connectivity index (χ1n) is 3.74. The van der Waals surface area contributed by atoms with Crippen molar-refractivity contribution in [2.75, 3.05) is 6.61 Å². The van der Waals surface area contributed by atoms with Gasteiger partial charge >= 0.3 is 0 Å². The summed E-state index contributed by atoms with van der Waals surface area (Å²) in [6.45, 7) is 0.460. The quantitative estimate of drug-likeness (QED) is 0.590. The molecule has 2 heterocycles. The minimum Gasteiger partial charge on any atom is -0.491 e. The van der Waals surface area contributed by atoms with Gasteiger partial charge in [0.1, 0.15) is 17.5 Å². The van der Waals surface area contributed by atoms with Crippen LogP contribution in [0.1, 0.15) is 18.2 Å². The molecule has 0 saturated heterocycles. The maximum Gasteiger partial charge on any atom is 0.213 e. The largest absolute Gasteiger partial charge is 0.491 e. The number of aromatic nitrogens is 1. The predicted octanol–water partition coefficient (Wildman–Crippen LogP) is 1.04. The van der Waals surface area contributed by atoms with Gasteiger partial charge in [-0.3, -0.25) is 0 Å². The molecule has 0 saturated carbocycles. The smallest absolute Gasteiger partial charge is 0.213 e. The molecule has 1 aliphatic heterocycles. The van der Waals surface area contributed by atoms with Crippen LogP contribution in [0.5, 0.6) is 5.75 Å². The molecule has 1 aromatic heterocycles. The molecule has 0 bridgehead atoms. The van der Waals surface area contributed by atoms with E-state index in [1.54, 1.807) is 0 Å². The zero-order valence-corrected chi connectivity index (χ0v) is 6.33. The molecule has 12 heavy (non-hydrogen) atoms. The molecule has 1 N–H and O–H groups in total. The zero-order chi connectivity index (χ0) is 8.55. The molecular weight excluding hydrogens is 161 g/mol. The van der Waals surface area contributed by atoms with Crippen LogP contribution in [0.25, 0.3) is 0 Å². The van der Waals surface area contributed by atoms with Crippen LogP contribution < -0.4 is 4.74 Å². The number of nitrogens with zero attached hydrogens (tertiary/aromatic N) is 1. The summed E-state index contributed by atoms with van der Waals surface area (Å²) in [7, 11) is 0. The maximum atomic E-state index is 12.6. The van der Waals surface area contributed by atoms with Gasteiger partial charge < -0.3 is 9.84 Å². The Morgan fingerprint density at radius 2 is 2.42 bits per heavy atom. The lowest BCUT2D eigenvalue weighted by atomic mass is 10.1. The third kappa shape index (κ3) is 1.14. The molecule has 3 nitrogen and oxygen atoms in total. The fourth-order valence-electron chi connectivity index (χ4n) is 1.22. The molecule has 0 amide bonds. The van der Waals surface area contributed by atoms with E-state index in [2.05, 4.69) is 4.98 Å². The number of hydrogen-bond acceptors (Lipinski definition) is 3. The molecule has 0 spiro atoms. The predicted molar refractivity (Wildman–Crippen MR) is 39.3 cm³/mol. The fraction of sp³-hybridized carbons (Fsp3) is 0.375. The second kappa shape index (κ2) is 2.71. The summed E-state index contributed by atoms with van der Waals surface area (Å²) in [5.41, 5.74) is 0.307. The van der Waals surface area contributed by atoms with Crippen molar-refractivity contribution >= 4 is 0 Å². The number of ether oxygens (including phenoxy) is 1. The minimum atomic E-state index is -0.690. The highest BCUT2D eigenvalue weighted by Gasteiger charge is 2.20. The second-order valence-corrected chi connectivity index (χ2v) is 2.67. The number of rotatable bonds is 0. The van der Waals surface area contributed by atoms with E-state index in [0.29, 0.717) is 24.5 Å². The minimum absolute atomic E-state index is 0.307. The van der Waals surface area contributed by atoms with Crippen LogP contribution in [0.15, 0.2) is 12.1 Å². The molecule has 4 heteroatoms. The highest BCUT2D eigenvalue weighted by Crippen LogP contribution is 2.29. The third-order valence-corrected chi connectivity index (χ3v) is 1.82. The second-order valence-electron chi connectivity index (χ2n) is 2.67. The summed E-state index contributed by atoms with van der Waals surface area (Å²) in [5.74, 6) is -0.103. The molecule has 1 unspecified atom stereocenters. The fourth-order valence-corrected chi connectivity index (χ4v) is 1.22. The van der Waals surface area contributed by atoms with Gasteiger partial charge in [0.25, 0.3) is 0 Å². The molecule has 0 aromatic carbocycles. The Bertz CT molecular complexity index is 303. The van der Waals surface area contributed by atoms with Crippen molar-refractivity contribution in [2.45, 2.75) is 12.5 Å².